The first-order valence-electron chi connectivity index (χ1n) is 14.2. The first-order valence-corrected chi connectivity index (χ1v) is 14.2. The lowest BCUT2D eigenvalue weighted by Crippen LogP contribution is -2.61. The number of aliphatic hydroxyl groups is 1. The molecule has 1 saturated heterocycles. The van der Waals surface area contributed by atoms with Gasteiger partial charge in [-0.2, -0.15) is 0 Å². The molecule has 4 atom stereocenters. The SMILES string of the molecule is CC(C)[C@@H]1CC(=O)C(C)(C)/C=C/c2ccc3ccc(nc3c2)[C@@H](C)OC(=O)[C@@H]2CCCN(N2)C(=O)[C@H](CO)NC1=O. The number of hydrogen-bond donors (Lipinski definition) is 3. The molecule has 0 aliphatic carbocycles. The van der Waals surface area contributed by atoms with Gasteiger partial charge in [0, 0.05) is 29.7 Å². The molecule has 3 heterocycles. The predicted octanol–water partition coefficient (Wildman–Crippen LogP) is 3.10. The molecule has 1 aromatic carbocycles. The van der Waals surface area contributed by atoms with Crippen LogP contribution in [0.1, 0.15) is 71.2 Å². The van der Waals surface area contributed by atoms with Gasteiger partial charge in [-0.05, 0) is 57.2 Å². The zero-order valence-corrected chi connectivity index (χ0v) is 24.3. The molecule has 2 aromatic rings. The number of cyclic esters (lactones) is 1. The molecule has 1 aromatic heterocycles. The van der Waals surface area contributed by atoms with Gasteiger partial charge in [-0.3, -0.25) is 24.2 Å². The maximum atomic E-state index is 13.4. The number of nitrogens with zero attached hydrogens (tertiary/aromatic N) is 2. The number of aromatic nitrogens is 1. The van der Waals surface area contributed by atoms with E-state index in [2.05, 4.69) is 10.7 Å². The molecule has 0 radical (unpaired) electrons. The van der Waals surface area contributed by atoms with Crippen LogP contribution in [-0.2, 0) is 23.9 Å². The highest BCUT2D eigenvalue weighted by Gasteiger charge is 2.36. The van der Waals surface area contributed by atoms with Crippen molar-refractivity contribution in [1.82, 2.24) is 20.7 Å². The number of fused-ring (bicyclic) bond motifs is 4. The normalized spacial score (nSPS) is 27.0. The minimum Gasteiger partial charge on any atom is -0.455 e. The fraction of sp³-hybridized carbons (Fsp3) is 0.516. The zero-order chi connectivity index (χ0) is 29.9. The fourth-order valence-corrected chi connectivity index (χ4v) is 5.06. The molecule has 220 valence electrons. The quantitative estimate of drug-likeness (QED) is 0.473. The summed E-state index contributed by atoms with van der Waals surface area (Å²) in [6, 6.07) is 7.53. The van der Waals surface area contributed by atoms with Gasteiger partial charge in [-0.25, -0.2) is 10.4 Å². The van der Waals surface area contributed by atoms with Crippen molar-refractivity contribution in [3.8, 4) is 0 Å². The van der Waals surface area contributed by atoms with E-state index in [1.54, 1.807) is 6.92 Å². The van der Waals surface area contributed by atoms with Gasteiger partial charge in [0.2, 0.25) is 5.91 Å². The zero-order valence-electron chi connectivity index (χ0n) is 24.3. The van der Waals surface area contributed by atoms with Gasteiger partial charge >= 0.3 is 5.97 Å². The third-order valence-electron chi connectivity index (χ3n) is 7.94. The highest BCUT2D eigenvalue weighted by Crippen LogP contribution is 2.28. The molecule has 0 unspecified atom stereocenters. The van der Waals surface area contributed by atoms with Crippen molar-refractivity contribution in [3.05, 3.63) is 47.7 Å². The van der Waals surface area contributed by atoms with Gasteiger partial charge in [0.1, 0.15) is 24.0 Å². The number of hydrogen-bond acceptors (Lipinski definition) is 8. The molecule has 2 amide bonds. The van der Waals surface area contributed by atoms with Crippen LogP contribution in [0.5, 0.6) is 0 Å². The van der Waals surface area contributed by atoms with E-state index in [1.165, 1.54) is 5.01 Å². The predicted molar refractivity (Wildman–Crippen MR) is 154 cm³/mol. The summed E-state index contributed by atoms with van der Waals surface area (Å²) in [6.45, 7) is 8.72. The summed E-state index contributed by atoms with van der Waals surface area (Å²) >= 11 is 0. The summed E-state index contributed by atoms with van der Waals surface area (Å²) in [5.41, 5.74) is 4.21. The molecule has 10 heteroatoms. The minimum atomic E-state index is -1.23. The Morgan fingerprint density at radius 1 is 1.15 bits per heavy atom. The fourth-order valence-electron chi connectivity index (χ4n) is 5.06. The number of carbonyl (C=O) groups excluding carboxylic acids is 4. The molecule has 5 bridgehead atoms. The number of Topliss-reactive ketones (excluding diaryl/α,β-unsaturated/α-hetero) is 1. The van der Waals surface area contributed by atoms with E-state index in [-0.39, 0.29) is 18.1 Å². The van der Waals surface area contributed by atoms with Crippen LogP contribution in [0.15, 0.2) is 36.4 Å². The maximum Gasteiger partial charge on any atom is 0.325 e. The lowest BCUT2D eigenvalue weighted by molar-refractivity contribution is -0.157. The van der Waals surface area contributed by atoms with Gasteiger partial charge < -0.3 is 15.2 Å². The van der Waals surface area contributed by atoms with Crippen molar-refractivity contribution in [2.24, 2.45) is 17.3 Å². The number of benzene rings is 1. The summed E-state index contributed by atoms with van der Waals surface area (Å²) in [5, 5.41) is 14.8. The third kappa shape index (κ3) is 7.00. The molecule has 1 fully saturated rings. The van der Waals surface area contributed by atoms with Gasteiger partial charge in [-0.15, -0.1) is 0 Å². The molecular weight excluding hydrogens is 524 g/mol. The first kappa shape index (κ1) is 30.3. The van der Waals surface area contributed by atoms with Crippen molar-refractivity contribution in [2.75, 3.05) is 13.2 Å². The Kier molecular flexibility index (Phi) is 9.24. The summed E-state index contributed by atoms with van der Waals surface area (Å²) in [5.74, 6) is -2.58. The Morgan fingerprint density at radius 2 is 1.88 bits per heavy atom. The van der Waals surface area contributed by atoms with E-state index in [9.17, 15) is 24.3 Å². The Morgan fingerprint density at radius 3 is 2.59 bits per heavy atom. The number of aliphatic hydroxyl groups excluding tert-OH is 1. The number of amides is 2. The van der Waals surface area contributed by atoms with Crippen molar-refractivity contribution in [3.63, 3.8) is 0 Å². The molecule has 0 spiro atoms. The number of hydrazine groups is 1. The summed E-state index contributed by atoms with van der Waals surface area (Å²) in [6.07, 6.45) is 4.01. The highest BCUT2D eigenvalue weighted by molar-refractivity contribution is 5.94. The van der Waals surface area contributed by atoms with Crippen molar-refractivity contribution in [1.29, 1.82) is 0 Å². The van der Waals surface area contributed by atoms with E-state index in [1.807, 2.05) is 70.2 Å². The van der Waals surface area contributed by atoms with Crippen molar-refractivity contribution >= 4 is 40.5 Å². The number of allylic oxidation sites excluding steroid dienone is 1. The minimum absolute atomic E-state index is 0.0242. The van der Waals surface area contributed by atoms with Gasteiger partial charge in [0.15, 0.2) is 0 Å². The number of pyridine rings is 1. The molecule has 4 rings (SSSR count). The summed E-state index contributed by atoms with van der Waals surface area (Å²) < 4.78 is 5.73. The molecule has 41 heavy (non-hydrogen) atoms. The van der Waals surface area contributed by atoms with Crippen LogP contribution < -0.4 is 10.7 Å². The topological polar surface area (TPSA) is 138 Å². The molecule has 0 saturated carbocycles. The monoisotopic (exact) mass is 564 g/mol. The number of nitrogens with one attached hydrogen (secondary N) is 2. The molecule has 10 nitrogen and oxygen atoms in total. The number of ether oxygens (including phenoxy) is 1. The van der Waals surface area contributed by atoms with Crippen molar-refractivity contribution < 1.29 is 29.0 Å². The third-order valence-corrected chi connectivity index (χ3v) is 7.94. The van der Waals surface area contributed by atoms with E-state index >= 15 is 0 Å². The number of esters is 1. The second-order valence-corrected chi connectivity index (χ2v) is 11.9. The highest BCUT2D eigenvalue weighted by atomic mass is 16.5. The van der Waals surface area contributed by atoms with Crippen LogP contribution in [0.4, 0.5) is 0 Å². The molecule has 3 N–H and O–H groups in total. The maximum absolute atomic E-state index is 13.4. The largest absolute Gasteiger partial charge is 0.455 e. The van der Waals surface area contributed by atoms with Crippen LogP contribution in [0.3, 0.4) is 0 Å². The van der Waals surface area contributed by atoms with Crippen LogP contribution in [0.25, 0.3) is 17.0 Å². The Hall–Kier alpha value is -3.63. The first-order chi connectivity index (χ1) is 19.4. The van der Waals surface area contributed by atoms with Crippen LogP contribution in [0, 0.1) is 17.3 Å². The van der Waals surface area contributed by atoms with Crippen LogP contribution in [0.2, 0.25) is 0 Å². The van der Waals surface area contributed by atoms with Gasteiger partial charge in [0.25, 0.3) is 5.91 Å². The van der Waals surface area contributed by atoms with E-state index in [0.29, 0.717) is 25.1 Å². The second-order valence-electron chi connectivity index (χ2n) is 11.9. The lowest BCUT2D eigenvalue weighted by Gasteiger charge is -2.35. The average Bonchev–Trinajstić information content (AvgIpc) is 2.95. The van der Waals surface area contributed by atoms with Gasteiger partial charge in [0.05, 0.1) is 17.8 Å². The summed E-state index contributed by atoms with van der Waals surface area (Å²) in [7, 11) is 0. The standard InChI is InChI=1S/C31H40N4O6/c1-18(2)22-16-27(37)31(4,5)13-12-20-8-9-21-10-11-23(32-25(21)15-20)19(3)41-30(40)24-7-6-14-35(34-24)29(39)26(17-36)33-28(22)38/h8-13,15,18-19,22,24,26,34,36H,6-7,14,16-17H2,1-5H3,(H,33,38)/b13-12+/t19-,22+,24+,26+/m1/s1. The smallest absolute Gasteiger partial charge is 0.325 e. The summed E-state index contributed by atoms with van der Waals surface area (Å²) in [4.78, 5) is 57.8. The Labute approximate surface area is 240 Å². The van der Waals surface area contributed by atoms with Gasteiger partial charge in [-0.1, -0.05) is 44.2 Å². The molecule has 2 aliphatic heterocycles. The van der Waals surface area contributed by atoms with E-state index in [4.69, 9.17) is 9.72 Å². The van der Waals surface area contributed by atoms with Crippen LogP contribution in [-0.4, -0.2) is 63.9 Å². The Bertz CT molecular complexity index is 1350. The Balaban J connectivity index is 1.72. The average molecular weight is 565 g/mol. The second kappa shape index (κ2) is 12.5. The van der Waals surface area contributed by atoms with Crippen molar-refractivity contribution in [2.45, 2.75) is 72.1 Å². The molecular formula is C31H40N4O6. The number of rotatable bonds is 2. The lowest BCUT2D eigenvalue weighted by atomic mass is 9.79. The van der Waals surface area contributed by atoms with E-state index in [0.717, 1.165) is 16.5 Å². The van der Waals surface area contributed by atoms with Crippen LogP contribution >= 0.6 is 0 Å². The molecule has 2 aliphatic rings. The number of carbonyl (C=O) groups is 4. The van der Waals surface area contributed by atoms with E-state index < -0.39 is 53.9 Å². The number of ketones is 1.